The summed E-state index contributed by atoms with van der Waals surface area (Å²) in [5, 5.41) is 0. The molecular weight excluding hydrogens is 296 g/mol. The molecule has 0 aromatic rings. The summed E-state index contributed by atoms with van der Waals surface area (Å²) in [4.78, 5) is 11.6. The molecule has 1 rings (SSSR count). The van der Waals surface area contributed by atoms with Crippen LogP contribution in [0.2, 0.25) is 0 Å². The minimum Gasteiger partial charge on any atom is -0.466 e. The summed E-state index contributed by atoms with van der Waals surface area (Å²) >= 11 is 0. The van der Waals surface area contributed by atoms with E-state index in [1.165, 1.54) is 96.3 Å². The van der Waals surface area contributed by atoms with Crippen molar-refractivity contribution in [2.75, 3.05) is 6.61 Å². The van der Waals surface area contributed by atoms with Gasteiger partial charge in [0, 0.05) is 6.42 Å². The molecule has 2 nitrogen and oxygen atoms in total. The highest BCUT2D eigenvalue weighted by Crippen LogP contribution is 2.34. The van der Waals surface area contributed by atoms with Gasteiger partial charge in [0.15, 0.2) is 0 Å². The van der Waals surface area contributed by atoms with E-state index in [1.807, 2.05) is 0 Å². The van der Waals surface area contributed by atoms with Crippen LogP contribution in [0.1, 0.15) is 122 Å². The summed E-state index contributed by atoms with van der Waals surface area (Å²) in [6.07, 6.45) is 23.0. The molecule has 0 radical (unpaired) electrons. The normalized spacial score (nSPS) is 14.0. The lowest BCUT2D eigenvalue weighted by Gasteiger charge is -2.05. The zero-order valence-corrected chi connectivity index (χ0v) is 16.3. The first-order valence-electron chi connectivity index (χ1n) is 11.0. The van der Waals surface area contributed by atoms with E-state index in [1.54, 1.807) is 0 Å². The van der Waals surface area contributed by atoms with Crippen molar-refractivity contribution < 1.29 is 9.53 Å². The van der Waals surface area contributed by atoms with Gasteiger partial charge in [0.25, 0.3) is 0 Å². The summed E-state index contributed by atoms with van der Waals surface area (Å²) in [6, 6.07) is 0. The maximum Gasteiger partial charge on any atom is 0.305 e. The third-order valence-corrected chi connectivity index (χ3v) is 5.20. The van der Waals surface area contributed by atoms with Crippen molar-refractivity contribution in [1.82, 2.24) is 0 Å². The Kier molecular flexibility index (Phi) is 14.3. The Bertz CT molecular complexity index is 284. The van der Waals surface area contributed by atoms with Crippen LogP contribution < -0.4 is 0 Å². The molecule has 0 saturated heterocycles. The van der Waals surface area contributed by atoms with Crippen LogP contribution in [0.5, 0.6) is 0 Å². The number of hydrogen-bond acceptors (Lipinski definition) is 2. The molecule has 1 saturated carbocycles. The van der Waals surface area contributed by atoms with E-state index in [4.69, 9.17) is 4.74 Å². The van der Waals surface area contributed by atoms with Crippen LogP contribution in [0.15, 0.2) is 0 Å². The highest BCUT2D eigenvalue weighted by atomic mass is 16.5. The predicted octanol–water partition coefficient (Wildman–Crippen LogP) is 7.20. The molecule has 0 aromatic carbocycles. The first-order valence-corrected chi connectivity index (χ1v) is 11.0. The molecule has 0 aliphatic heterocycles. The Balaban J connectivity index is 1.70. The number of rotatable bonds is 18. The van der Waals surface area contributed by atoms with E-state index in [0.717, 1.165) is 18.8 Å². The largest absolute Gasteiger partial charge is 0.466 e. The lowest BCUT2D eigenvalue weighted by molar-refractivity contribution is -0.143. The van der Waals surface area contributed by atoms with E-state index in [2.05, 4.69) is 6.92 Å². The van der Waals surface area contributed by atoms with Gasteiger partial charge in [-0.2, -0.15) is 0 Å². The van der Waals surface area contributed by atoms with Crippen molar-refractivity contribution in [2.24, 2.45) is 5.92 Å². The summed E-state index contributed by atoms with van der Waals surface area (Å²) in [6.45, 7) is 2.90. The van der Waals surface area contributed by atoms with Gasteiger partial charge in [-0.3, -0.25) is 4.79 Å². The summed E-state index contributed by atoms with van der Waals surface area (Å²) in [7, 11) is 0. The molecule has 0 spiro atoms. The second-order valence-corrected chi connectivity index (χ2v) is 7.80. The quantitative estimate of drug-likeness (QED) is 0.195. The molecular formula is C22H42O2. The Hall–Kier alpha value is -0.530. The minimum absolute atomic E-state index is 0.0201. The van der Waals surface area contributed by atoms with Gasteiger partial charge in [-0.05, 0) is 18.8 Å². The highest BCUT2D eigenvalue weighted by Gasteiger charge is 2.19. The van der Waals surface area contributed by atoms with Gasteiger partial charge in [-0.1, -0.05) is 103 Å². The smallest absolute Gasteiger partial charge is 0.305 e. The van der Waals surface area contributed by atoms with Gasteiger partial charge in [0.1, 0.15) is 0 Å². The fourth-order valence-electron chi connectivity index (χ4n) is 3.31. The number of hydrogen-bond donors (Lipinski definition) is 0. The number of unbranched alkanes of at least 4 members (excludes halogenated alkanes) is 12. The van der Waals surface area contributed by atoms with Crippen molar-refractivity contribution in [3.63, 3.8) is 0 Å². The molecule has 1 aliphatic rings. The van der Waals surface area contributed by atoms with Gasteiger partial charge >= 0.3 is 5.97 Å². The van der Waals surface area contributed by atoms with E-state index in [9.17, 15) is 4.79 Å². The van der Waals surface area contributed by atoms with E-state index >= 15 is 0 Å². The molecule has 0 unspecified atom stereocenters. The lowest BCUT2D eigenvalue weighted by atomic mass is 10.1. The molecule has 142 valence electrons. The summed E-state index contributed by atoms with van der Waals surface area (Å²) in [5.41, 5.74) is 0. The van der Waals surface area contributed by atoms with Gasteiger partial charge < -0.3 is 4.74 Å². The number of carbonyl (C=O) groups is 1. The van der Waals surface area contributed by atoms with Crippen LogP contribution in [-0.4, -0.2) is 12.6 Å². The molecule has 1 aliphatic carbocycles. The van der Waals surface area contributed by atoms with Gasteiger partial charge in [-0.25, -0.2) is 0 Å². The minimum atomic E-state index is 0.0201. The molecule has 0 bridgehead atoms. The van der Waals surface area contributed by atoms with E-state index < -0.39 is 0 Å². The SMILES string of the molecule is CCCCCCCCCCCC(=O)OCCCCCCCC1CC1. The van der Waals surface area contributed by atoms with Crippen LogP contribution in [0.3, 0.4) is 0 Å². The van der Waals surface area contributed by atoms with Crippen LogP contribution >= 0.6 is 0 Å². The van der Waals surface area contributed by atoms with Gasteiger partial charge in [0.2, 0.25) is 0 Å². The Labute approximate surface area is 151 Å². The Morgan fingerprint density at radius 3 is 1.92 bits per heavy atom. The molecule has 0 amide bonds. The molecule has 0 N–H and O–H groups in total. The molecule has 24 heavy (non-hydrogen) atoms. The zero-order chi connectivity index (χ0) is 17.3. The Morgan fingerprint density at radius 2 is 1.29 bits per heavy atom. The maximum atomic E-state index is 11.6. The zero-order valence-electron chi connectivity index (χ0n) is 16.3. The van der Waals surface area contributed by atoms with Crippen molar-refractivity contribution >= 4 is 5.97 Å². The number of carbonyl (C=O) groups excluding carboxylic acids is 1. The number of esters is 1. The predicted molar refractivity (Wildman–Crippen MR) is 103 cm³/mol. The lowest BCUT2D eigenvalue weighted by Crippen LogP contribution is -2.05. The van der Waals surface area contributed by atoms with Crippen LogP contribution in [0.25, 0.3) is 0 Å². The standard InChI is InChI=1S/C22H42O2/c1-2-3-4-5-6-7-8-11-14-17-22(23)24-20-15-12-9-10-13-16-21-18-19-21/h21H,2-20H2,1H3. The fourth-order valence-corrected chi connectivity index (χ4v) is 3.31. The van der Waals surface area contributed by atoms with E-state index in [-0.39, 0.29) is 5.97 Å². The average molecular weight is 339 g/mol. The van der Waals surface area contributed by atoms with Gasteiger partial charge in [-0.15, -0.1) is 0 Å². The molecule has 0 aromatic heterocycles. The van der Waals surface area contributed by atoms with Crippen molar-refractivity contribution in [3.8, 4) is 0 Å². The van der Waals surface area contributed by atoms with Crippen LogP contribution in [-0.2, 0) is 9.53 Å². The van der Waals surface area contributed by atoms with Crippen molar-refractivity contribution in [3.05, 3.63) is 0 Å². The average Bonchev–Trinajstić information content (AvgIpc) is 3.40. The fraction of sp³-hybridized carbons (Fsp3) is 0.955. The molecule has 1 fully saturated rings. The third-order valence-electron chi connectivity index (χ3n) is 5.20. The topological polar surface area (TPSA) is 26.3 Å². The summed E-state index contributed by atoms with van der Waals surface area (Å²) < 4.78 is 5.33. The Morgan fingerprint density at radius 1 is 0.750 bits per heavy atom. The number of ether oxygens (including phenoxy) is 1. The third kappa shape index (κ3) is 15.0. The molecule has 2 heteroatoms. The first-order chi connectivity index (χ1) is 11.8. The first kappa shape index (κ1) is 21.5. The van der Waals surface area contributed by atoms with Crippen LogP contribution in [0, 0.1) is 5.92 Å². The second kappa shape index (κ2) is 16.0. The van der Waals surface area contributed by atoms with Crippen molar-refractivity contribution in [1.29, 1.82) is 0 Å². The highest BCUT2D eigenvalue weighted by molar-refractivity contribution is 5.69. The van der Waals surface area contributed by atoms with Crippen molar-refractivity contribution in [2.45, 2.75) is 122 Å². The molecule has 0 atom stereocenters. The molecule has 0 heterocycles. The second-order valence-electron chi connectivity index (χ2n) is 7.80. The van der Waals surface area contributed by atoms with Gasteiger partial charge in [0.05, 0.1) is 6.61 Å². The van der Waals surface area contributed by atoms with Crippen LogP contribution in [0.4, 0.5) is 0 Å². The maximum absolute atomic E-state index is 11.6. The monoisotopic (exact) mass is 338 g/mol. The van der Waals surface area contributed by atoms with E-state index in [0.29, 0.717) is 13.0 Å². The summed E-state index contributed by atoms with van der Waals surface area (Å²) in [5.74, 6) is 1.10.